The molecule has 0 fully saturated rings. The van der Waals surface area contributed by atoms with Crippen LogP contribution in [-0.2, 0) is 11.3 Å². The van der Waals surface area contributed by atoms with Crippen molar-refractivity contribution in [1.82, 2.24) is 15.5 Å². The Morgan fingerprint density at radius 3 is 2.32 bits per heavy atom. The quantitative estimate of drug-likeness (QED) is 0.446. The van der Waals surface area contributed by atoms with E-state index in [0.29, 0.717) is 19.0 Å². The van der Waals surface area contributed by atoms with E-state index in [9.17, 15) is 4.79 Å². The lowest BCUT2D eigenvalue weighted by atomic mass is 10.2. The summed E-state index contributed by atoms with van der Waals surface area (Å²) in [5.74, 6) is 2.75. The number of amides is 1. The first-order valence-electron chi connectivity index (χ1n) is 10.1. The van der Waals surface area contributed by atoms with Gasteiger partial charge >= 0.3 is 0 Å². The largest absolute Gasteiger partial charge is 0.497 e. The number of guanidine groups is 1. The molecule has 0 spiro atoms. The molecule has 2 N–H and O–H groups in total. The minimum absolute atomic E-state index is 0.0420. The van der Waals surface area contributed by atoms with Crippen LogP contribution in [0.5, 0.6) is 17.2 Å². The van der Waals surface area contributed by atoms with Crippen LogP contribution in [0.15, 0.2) is 53.5 Å². The van der Waals surface area contributed by atoms with E-state index in [1.165, 1.54) is 4.90 Å². The van der Waals surface area contributed by atoms with E-state index in [1.807, 2.05) is 55.5 Å². The van der Waals surface area contributed by atoms with Crippen LogP contribution in [-0.4, -0.2) is 64.3 Å². The first kappa shape index (κ1) is 23.9. The van der Waals surface area contributed by atoms with Gasteiger partial charge in [-0.05, 0) is 36.8 Å². The summed E-state index contributed by atoms with van der Waals surface area (Å²) in [4.78, 5) is 18.1. The van der Waals surface area contributed by atoms with Crippen LogP contribution >= 0.6 is 0 Å². The summed E-state index contributed by atoms with van der Waals surface area (Å²) >= 11 is 0. The van der Waals surface area contributed by atoms with E-state index in [2.05, 4.69) is 15.6 Å². The van der Waals surface area contributed by atoms with E-state index < -0.39 is 0 Å². The number of nitrogens with one attached hydrogen (secondary N) is 2. The molecule has 8 heteroatoms. The fraction of sp³-hybridized carbons (Fsp3) is 0.391. The number of nitrogens with zero attached hydrogens (tertiary/aromatic N) is 2. The molecule has 0 heterocycles. The van der Waals surface area contributed by atoms with Gasteiger partial charge in [0.15, 0.2) is 5.96 Å². The molecule has 0 aliphatic rings. The van der Waals surface area contributed by atoms with Gasteiger partial charge in [0.1, 0.15) is 23.4 Å². The van der Waals surface area contributed by atoms with Crippen LogP contribution in [0.3, 0.4) is 0 Å². The van der Waals surface area contributed by atoms with E-state index >= 15 is 0 Å². The van der Waals surface area contributed by atoms with Gasteiger partial charge in [-0.3, -0.25) is 4.79 Å². The molecule has 1 unspecified atom stereocenters. The van der Waals surface area contributed by atoms with Crippen molar-refractivity contribution in [2.75, 3.05) is 41.4 Å². The lowest BCUT2D eigenvalue weighted by Crippen LogP contribution is -2.45. The number of rotatable bonds is 10. The Bertz CT molecular complexity index is 853. The average Bonchev–Trinajstić information content (AvgIpc) is 2.78. The summed E-state index contributed by atoms with van der Waals surface area (Å²) in [5, 5.41) is 6.32. The highest BCUT2D eigenvalue weighted by Gasteiger charge is 2.09. The zero-order valence-electron chi connectivity index (χ0n) is 18.8. The van der Waals surface area contributed by atoms with Crippen molar-refractivity contribution in [3.63, 3.8) is 0 Å². The Kier molecular flexibility index (Phi) is 9.48. The van der Waals surface area contributed by atoms with Gasteiger partial charge in [0, 0.05) is 20.2 Å². The Morgan fingerprint density at radius 1 is 1.00 bits per heavy atom. The van der Waals surface area contributed by atoms with Gasteiger partial charge in [-0.1, -0.05) is 18.2 Å². The molecule has 0 saturated heterocycles. The molecule has 0 aliphatic carbocycles. The van der Waals surface area contributed by atoms with E-state index in [1.54, 1.807) is 28.3 Å². The molecule has 0 saturated carbocycles. The van der Waals surface area contributed by atoms with Gasteiger partial charge in [0.2, 0.25) is 5.91 Å². The van der Waals surface area contributed by atoms with Crippen molar-refractivity contribution in [2.24, 2.45) is 4.99 Å². The molecule has 0 bridgehead atoms. The predicted molar refractivity (Wildman–Crippen MR) is 122 cm³/mol. The zero-order chi connectivity index (χ0) is 22.6. The fourth-order valence-electron chi connectivity index (χ4n) is 2.58. The normalized spacial score (nSPS) is 12.0. The van der Waals surface area contributed by atoms with E-state index in [0.717, 1.165) is 22.8 Å². The topological polar surface area (TPSA) is 84.4 Å². The lowest BCUT2D eigenvalue weighted by Gasteiger charge is -2.19. The number of aliphatic imine (C=N–C) groups is 1. The Balaban J connectivity index is 1.98. The highest BCUT2D eigenvalue weighted by Crippen LogP contribution is 2.19. The Hall–Kier alpha value is -3.42. The zero-order valence-corrected chi connectivity index (χ0v) is 18.8. The van der Waals surface area contributed by atoms with Crippen molar-refractivity contribution >= 4 is 11.9 Å². The highest BCUT2D eigenvalue weighted by atomic mass is 16.5. The monoisotopic (exact) mass is 428 g/mol. The molecular formula is C23H32N4O4. The second-order valence-electron chi connectivity index (χ2n) is 7.14. The third kappa shape index (κ3) is 8.46. The molecule has 2 aromatic rings. The van der Waals surface area contributed by atoms with Gasteiger partial charge in [0.05, 0.1) is 33.9 Å². The first-order chi connectivity index (χ1) is 14.9. The summed E-state index contributed by atoms with van der Waals surface area (Å²) in [6.07, 6.45) is -0.135. The minimum atomic E-state index is -0.135. The number of benzene rings is 2. The molecule has 1 amide bonds. The van der Waals surface area contributed by atoms with Crippen LogP contribution in [0.4, 0.5) is 0 Å². The van der Waals surface area contributed by atoms with Gasteiger partial charge in [-0.2, -0.15) is 0 Å². The molecule has 8 nitrogen and oxygen atoms in total. The van der Waals surface area contributed by atoms with Crippen LogP contribution in [0.25, 0.3) is 0 Å². The molecule has 1 atom stereocenters. The number of likely N-dealkylation sites (N-methyl/N-ethyl adjacent to an activating group) is 1. The number of carbonyl (C=O) groups excluding carboxylic acids is 1. The third-order valence-electron chi connectivity index (χ3n) is 4.42. The third-order valence-corrected chi connectivity index (χ3v) is 4.42. The first-order valence-corrected chi connectivity index (χ1v) is 10.1. The van der Waals surface area contributed by atoms with Crippen LogP contribution < -0.4 is 24.8 Å². The molecular weight excluding hydrogens is 396 g/mol. The number of carbonyl (C=O) groups is 1. The standard InChI is InChI=1S/C23H32N4O4/c1-17(31-21-8-6-7-20(13-21)30-5)14-24-23(26-16-22(28)27(2)3)25-15-18-9-11-19(29-4)12-10-18/h6-13,17H,14-16H2,1-5H3,(H2,24,25,26). The number of methoxy groups -OCH3 is 2. The van der Waals surface area contributed by atoms with Crippen molar-refractivity contribution in [1.29, 1.82) is 0 Å². The molecule has 0 aromatic heterocycles. The predicted octanol–water partition coefficient (Wildman–Crippen LogP) is 2.29. The molecule has 2 rings (SSSR count). The smallest absolute Gasteiger partial charge is 0.241 e. The van der Waals surface area contributed by atoms with E-state index in [4.69, 9.17) is 14.2 Å². The number of ether oxygens (including phenoxy) is 3. The summed E-state index contributed by atoms with van der Waals surface area (Å²) in [5.41, 5.74) is 1.03. The molecule has 0 radical (unpaired) electrons. The maximum Gasteiger partial charge on any atom is 0.241 e. The molecule has 2 aromatic carbocycles. The second kappa shape index (κ2) is 12.3. The van der Waals surface area contributed by atoms with Gasteiger partial charge < -0.3 is 29.7 Å². The van der Waals surface area contributed by atoms with Crippen molar-refractivity contribution in [2.45, 2.75) is 19.6 Å². The van der Waals surface area contributed by atoms with Crippen LogP contribution in [0.1, 0.15) is 12.5 Å². The second-order valence-corrected chi connectivity index (χ2v) is 7.14. The van der Waals surface area contributed by atoms with Crippen molar-refractivity contribution < 1.29 is 19.0 Å². The SMILES string of the molecule is COc1ccc(CN=C(NCC(=O)N(C)C)NCC(C)Oc2cccc(OC)c2)cc1. The summed E-state index contributed by atoms with van der Waals surface area (Å²) < 4.78 is 16.4. The summed E-state index contributed by atoms with van der Waals surface area (Å²) in [7, 11) is 6.69. The maximum absolute atomic E-state index is 12.0. The number of hydrogen-bond donors (Lipinski definition) is 2. The minimum Gasteiger partial charge on any atom is -0.497 e. The summed E-state index contributed by atoms with van der Waals surface area (Å²) in [6.45, 7) is 3.06. The van der Waals surface area contributed by atoms with Crippen LogP contribution in [0.2, 0.25) is 0 Å². The maximum atomic E-state index is 12.0. The van der Waals surface area contributed by atoms with Crippen molar-refractivity contribution in [3.05, 3.63) is 54.1 Å². The Morgan fingerprint density at radius 2 is 1.68 bits per heavy atom. The number of hydrogen-bond acceptors (Lipinski definition) is 5. The van der Waals surface area contributed by atoms with E-state index in [-0.39, 0.29) is 18.6 Å². The van der Waals surface area contributed by atoms with Crippen molar-refractivity contribution in [3.8, 4) is 17.2 Å². The average molecular weight is 429 g/mol. The van der Waals surface area contributed by atoms with Crippen LogP contribution in [0, 0.1) is 0 Å². The van der Waals surface area contributed by atoms with Gasteiger partial charge in [0.25, 0.3) is 0 Å². The molecule has 168 valence electrons. The highest BCUT2D eigenvalue weighted by molar-refractivity contribution is 5.86. The Labute approximate surface area is 184 Å². The molecule has 31 heavy (non-hydrogen) atoms. The fourth-order valence-corrected chi connectivity index (χ4v) is 2.58. The summed E-state index contributed by atoms with van der Waals surface area (Å²) in [6, 6.07) is 15.2. The lowest BCUT2D eigenvalue weighted by molar-refractivity contribution is -0.127. The van der Waals surface area contributed by atoms with Gasteiger partial charge in [-0.15, -0.1) is 0 Å². The van der Waals surface area contributed by atoms with Gasteiger partial charge in [-0.25, -0.2) is 4.99 Å². The molecule has 0 aliphatic heterocycles.